The number of rotatable bonds is 1. The highest BCUT2D eigenvalue weighted by Crippen LogP contribution is 2.11. The fourth-order valence-corrected chi connectivity index (χ4v) is 1.50. The highest BCUT2D eigenvalue weighted by atomic mass is 16.4. The fraction of sp³-hybridized carbons (Fsp3) is 0.556. The number of carbonyl (C=O) groups is 1. The Morgan fingerprint density at radius 2 is 2.29 bits per heavy atom. The molecule has 0 saturated carbocycles. The number of oxazole rings is 1. The molecule has 0 spiro atoms. The molecule has 5 nitrogen and oxygen atoms in total. The lowest BCUT2D eigenvalue weighted by Gasteiger charge is -2.13. The quantitative estimate of drug-likeness (QED) is 0.740. The summed E-state index contributed by atoms with van der Waals surface area (Å²) in [5.74, 6) is 0. The third kappa shape index (κ3) is 1.86. The monoisotopic (exact) mass is 195 g/mol. The molecule has 5 heteroatoms. The first-order valence-corrected chi connectivity index (χ1v) is 4.74. The number of nitrogens with zero attached hydrogens (tertiary/aromatic N) is 2. The molecule has 1 fully saturated rings. The lowest BCUT2D eigenvalue weighted by atomic mass is 10.4. The second-order valence-corrected chi connectivity index (χ2v) is 3.42. The van der Waals surface area contributed by atoms with E-state index in [1.807, 2.05) is 6.92 Å². The Labute approximate surface area is 82.1 Å². The maximum absolute atomic E-state index is 11.5. The first-order valence-electron chi connectivity index (χ1n) is 4.74. The molecule has 14 heavy (non-hydrogen) atoms. The van der Waals surface area contributed by atoms with Crippen molar-refractivity contribution in [3.05, 3.63) is 12.0 Å². The number of carbonyl (C=O) groups excluding carboxylic acids is 1. The SMILES string of the molecule is Cc1coc(NC(=O)N2CCCC2)n1. The Balaban J connectivity index is 1.93. The summed E-state index contributed by atoms with van der Waals surface area (Å²) in [6.45, 7) is 3.46. The second kappa shape index (κ2) is 3.69. The zero-order valence-corrected chi connectivity index (χ0v) is 8.12. The molecule has 1 aromatic heterocycles. The molecule has 76 valence electrons. The van der Waals surface area contributed by atoms with Crippen LogP contribution in [0.25, 0.3) is 0 Å². The van der Waals surface area contributed by atoms with Crippen molar-refractivity contribution in [1.29, 1.82) is 0 Å². The summed E-state index contributed by atoms with van der Waals surface area (Å²) in [7, 11) is 0. The molecular formula is C9H13N3O2. The molecule has 1 aliphatic heterocycles. The van der Waals surface area contributed by atoms with Gasteiger partial charge in [-0.05, 0) is 19.8 Å². The Morgan fingerprint density at radius 3 is 2.86 bits per heavy atom. The molecule has 0 aliphatic carbocycles. The van der Waals surface area contributed by atoms with Crippen LogP contribution in [-0.2, 0) is 0 Å². The van der Waals surface area contributed by atoms with Gasteiger partial charge in [-0.15, -0.1) is 0 Å². The Kier molecular flexibility index (Phi) is 2.39. The maximum atomic E-state index is 11.5. The van der Waals surface area contributed by atoms with Crippen molar-refractivity contribution in [3.8, 4) is 0 Å². The van der Waals surface area contributed by atoms with Crippen LogP contribution in [0.5, 0.6) is 0 Å². The van der Waals surface area contributed by atoms with Crippen LogP contribution in [0.1, 0.15) is 18.5 Å². The number of anilines is 1. The Bertz CT molecular complexity index is 329. The fourth-order valence-electron chi connectivity index (χ4n) is 1.50. The molecule has 1 N–H and O–H groups in total. The van der Waals surface area contributed by atoms with Crippen molar-refractivity contribution < 1.29 is 9.21 Å². The van der Waals surface area contributed by atoms with E-state index < -0.39 is 0 Å². The van der Waals surface area contributed by atoms with Gasteiger partial charge in [0.15, 0.2) is 0 Å². The third-order valence-electron chi connectivity index (χ3n) is 2.23. The average molecular weight is 195 g/mol. The van der Waals surface area contributed by atoms with Crippen molar-refractivity contribution in [2.45, 2.75) is 19.8 Å². The lowest BCUT2D eigenvalue weighted by molar-refractivity contribution is 0.222. The smallest absolute Gasteiger partial charge is 0.325 e. The highest BCUT2D eigenvalue weighted by Gasteiger charge is 2.18. The van der Waals surface area contributed by atoms with Gasteiger partial charge in [0.2, 0.25) is 0 Å². The summed E-state index contributed by atoms with van der Waals surface area (Å²) in [5.41, 5.74) is 0.765. The van der Waals surface area contributed by atoms with E-state index in [0.717, 1.165) is 31.6 Å². The summed E-state index contributed by atoms with van der Waals surface area (Å²) in [6, 6.07) is 0.156. The van der Waals surface area contributed by atoms with E-state index in [-0.39, 0.29) is 12.0 Å². The number of aryl methyl sites for hydroxylation is 1. The number of hydrogen-bond acceptors (Lipinski definition) is 3. The Hall–Kier alpha value is -1.52. The van der Waals surface area contributed by atoms with Crippen LogP contribution in [0.2, 0.25) is 0 Å². The van der Waals surface area contributed by atoms with Crippen molar-refractivity contribution >= 4 is 12.0 Å². The molecule has 0 unspecified atom stereocenters. The van der Waals surface area contributed by atoms with E-state index in [9.17, 15) is 4.79 Å². The molecule has 0 bridgehead atoms. The van der Waals surface area contributed by atoms with Crippen LogP contribution in [0.4, 0.5) is 10.8 Å². The molecule has 0 aromatic carbocycles. The molecule has 2 amide bonds. The molecule has 1 aromatic rings. The van der Waals surface area contributed by atoms with E-state index in [1.165, 1.54) is 6.26 Å². The van der Waals surface area contributed by atoms with Gasteiger partial charge in [0, 0.05) is 13.1 Å². The summed E-state index contributed by atoms with van der Waals surface area (Å²) < 4.78 is 5.02. The van der Waals surface area contributed by atoms with Crippen LogP contribution in [0.15, 0.2) is 10.7 Å². The molecule has 2 heterocycles. The molecular weight excluding hydrogens is 182 g/mol. The van der Waals surface area contributed by atoms with Gasteiger partial charge < -0.3 is 9.32 Å². The number of amides is 2. The van der Waals surface area contributed by atoms with Crippen molar-refractivity contribution in [2.24, 2.45) is 0 Å². The minimum atomic E-state index is -0.121. The summed E-state index contributed by atoms with van der Waals surface area (Å²) >= 11 is 0. The van der Waals surface area contributed by atoms with Crippen LogP contribution in [0.3, 0.4) is 0 Å². The number of nitrogens with one attached hydrogen (secondary N) is 1. The van der Waals surface area contributed by atoms with E-state index in [4.69, 9.17) is 4.42 Å². The van der Waals surface area contributed by atoms with Crippen LogP contribution >= 0.6 is 0 Å². The van der Waals surface area contributed by atoms with Gasteiger partial charge in [0.25, 0.3) is 0 Å². The third-order valence-corrected chi connectivity index (χ3v) is 2.23. The van der Waals surface area contributed by atoms with Gasteiger partial charge in [-0.2, -0.15) is 4.98 Å². The van der Waals surface area contributed by atoms with Crippen LogP contribution < -0.4 is 5.32 Å². The number of urea groups is 1. The van der Waals surface area contributed by atoms with Crippen molar-refractivity contribution in [2.75, 3.05) is 18.4 Å². The topological polar surface area (TPSA) is 58.4 Å². The van der Waals surface area contributed by atoms with Gasteiger partial charge in [-0.25, -0.2) is 4.79 Å². The predicted molar refractivity (Wildman–Crippen MR) is 51.1 cm³/mol. The summed E-state index contributed by atoms with van der Waals surface area (Å²) in [5, 5.41) is 2.61. The zero-order valence-electron chi connectivity index (χ0n) is 8.12. The minimum absolute atomic E-state index is 0.121. The first kappa shape index (κ1) is 9.05. The number of hydrogen-bond donors (Lipinski definition) is 1. The van der Waals surface area contributed by atoms with Crippen molar-refractivity contribution in [1.82, 2.24) is 9.88 Å². The molecule has 2 rings (SSSR count). The average Bonchev–Trinajstić information content (AvgIpc) is 2.75. The normalized spacial score (nSPS) is 15.9. The van der Waals surface area contributed by atoms with Gasteiger partial charge in [0.1, 0.15) is 6.26 Å². The number of aromatic nitrogens is 1. The zero-order chi connectivity index (χ0) is 9.97. The Morgan fingerprint density at radius 1 is 1.57 bits per heavy atom. The summed E-state index contributed by atoms with van der Waals surface area (Å²) in [4.78, 5) is 17.3. The van der Waals surface area contributed by atoms with E-state index in [1.54, 1.807) is 4.90 Å². The largest absolute Gasteiger partial charge is 0.432 e. The van der Waals surface area contributed by atoms with Gasteiger partial charge in [0.05, 0.1) is 5.69 Å². The van der Waals surface area contributed by atoms with E-state index >= 15 is 0 Å². The maximum Gasteiger partial charge on any atom is 0.325 e. The lowest BCUT2D eigenvalue weighted by Crippen LogP contribution is -2.32. The molecule has 1 saturated heterocycles. The van der Waals surface area contributed by atoms with E-state index in [0.29, 0.717) is 0 Å². The first-order chi connectivity index (χ1) is 6.75. The van der Waals surface area contributed by atoms with E-state index in [2.05, 4.69) is 10.3 Å². The van der Waals surface area contributed by atoms with Gasteiger partial charge in [-0.3, -0.25) is 5.32 Å². The minimum Gasteiger partial charge on any atom is -0.432 e. The summed E-state index contributed by atoms with van der Waals surface area (Å²) in [6.07, 6.45) is 3.68. The van der Waals surface area contributed by atoms with Crippen LogP contribution in [0, 0.1) is 6.92 Å². The van der Waals surface area contributed by atoms with Gasteiger partial charge >= 0.3 is 12.0 Å². The molecule has 1 aliphatic rings. The van der Waals surface area contributed by atoms with Crippen molar-refractivity contribution in [3.63, 3.8) is 0 Å². The molecule has 0 radical (unpaired) electrons. The molecule has 0 atom stereocenters. The predicted octanol–water partition coefficient (Wildman–Crippen LogP) is 1.61. The highest BCUT2D eigenvalue weighted by molar-refractivity contribution is 5.87. The number of likely N-dealkylation sites (tertiary alicyclic amines) is 1. The van der Waals surface area contributed by atoms with Gasteiger partial charge in [-0.1, -0.05) is 0 Å². The van der Waals surface area contributed by atoms with Crippen LogP contribution in [-0.4, -0.2) is 29.0 Å². The second-order valence-electron chi connectivity index (χ2n) is 3.42. The standard InChI is InChI=1S/C9H13N3O2/c1-7-6-14-8(10-7)11-9(13)12-4-2-3-5-12/h6H,2-5H2,1H3,(H,10,11,13).